The number of hydrogen-bond acceptors (Lipinski definition) is 3. The SMILES string of the molecule is CN=C(NCCCN(C(C)C)C(C)C)NC1CCN(Cc2ccc(F)c(F)c2)CC1.I. The number of nitrogens with one attached hydrogen (secondary N) is 2. The zero-order valence-electron chi connectivity index (χ0n) is 19.6. The second-order valence-electron chi connectivity index (χ2n) is 8.72. The van der Waals surface area contributed by atoms with Gasteiger partial charge in [0.2, 0.25) is 0 Å². The summed E-state index contributed by atoms with van der Waals surface area (Å²) in [5.41, 5.74) is 0.814. The van der Waals surface area contributed by atoms with Crippen LogP contribution < -0.4 is 10.6 Å². The Morgan fingerprint density at radius 3 is 2.32 bits per heavy atom. The number of aliphatic imine (C=N–C) groups is 1. The smallest absolute Gasteiger partial charge is 0.191 e. The molecule has 1 aliphatic heterocycles. The molecule has 0 radical (unpaired) electrons. The van der Waals surface area contributed by atoms with Gasteiger partial charge in [0.25, 0.3) is 0 Å². The van der Waals surface area contributed by atoms with E-state index in [0.29, 0.717) is 24.7 Å². The number of piperidine rings is 1. The van der Waals surface area contributed by atoms with Crippen molar-refractivity contribution < 1.29 is 8.78 Å². The molecular weight excluding hydrogens is 511 g/mol. The molecule has 0 bridgehead atoms. The van der Waals surface area contributed by atoms with Crippen molar-refractivity contribution in [2.24, 2.45) is 4.99 Å². The van der Waals surface area contributed by atoms with Gasteiger partial charge < -0.3 is 10.6 Å². The maximum atomic E-state index is 13.4. The Labute approximate surface area is 204 Å². The highest BCUT2D eigenvalue weighted by atomic mass is 127. The Morgan fingerprint density at radius 2 is 1.77 bits per heavy atom. The second kappa shape index (κ2) is 14.2. The lowest BCUT2D eigenvalue weighted by atomic mass is 10.0. The monoisotopic (exact) mass is 551 g/mol. The van der Waals surface area contributed by atoms with Crippen molar-refractivity contribution >= 4 is 29.9 Å². The van der Waals surface area contributed by atoms with Crippen LogP contribution in [0, 0.1) is 11.6 Å². The summed E-state index contributed by atoms with van der Waals surface area (Å²) in [6.07, 6.45) is 3.07. The summed E-state index contributed by atoms with van der Waals surface area (Å²) < 4.78 is 26.5. The van der Waals surface area contributed by atoms with Gasteiger partial charge in [0.15, 0.2) is 17.6 Å². The van der Waals surface area contributed by atoms with Crippen LogP contribution in [-0.4, -0.2) is 67.1 Å². The van der Waals surface area contributed by atoms with Gasteiger partial charge in [-0.2, -0.15) is 0 Å². The van der Waals surface area contributed by atoms with Gasteiger partial charge in [-0.15, -0.1) is 24.0 Å². The van der Waals surface area contributed by atoms with E-state index in [1.54, 1.807) is 6.07 Å². The molecule has 1 fully saturated rings. The lowest BCUT2D eigenvalue weighted by molar-refractivity contribution is 0.173. The van der Waals surface area contributed by atoms with E-state index in [4.69, 9.17) is 0 Å². The minimum atomic E-state index is -0.790. The molecule has 0 aliphatic carbocycles. The zero-order chi connectivity index (χ0) is 22.1. The standard InChI is InChI=1S/C23H39F2N5.HI/c1-17(2)30(18(3)4)12-6-11-27-23(26-5)28-20-9-13-29(14-10-20)16-19-7-8-21(24)22(25)15-19;/h7-8,15,17-18,20H,6,9-14,16H2,1-5H3,(H2,26,27,28);1H. The summed E-state index contributed by atoms with van der Waals surface area (Å²) in [4.78, 5) is 9.15. The number of nitrogens with zero attached hydrogens (tertiary/aromatic N) is 3. The molecule has 2 rings (SSSR count). The van der Waals surface area contributed by atoms with Gasteiger partial charge >= 0.3 is 0 Å². The summed E-state index contributed by atoms with van der Waals surface area (Å²) in [5, 5.41) is 6.96. The molecule has 0 unspecified atom stereocenters. The van der Waals surface area contributed by atoms with Crippen LogP contribution in [0.5, 0.6) is 0 Å². The first-order valence-electron chi connectivity index (χ1n) is 11.2. The summed E-state index contributed by atoms with van der Waals surface area (Å²) in [7, 11) is 1.81. The third-order valence-corrected chi connectivity index (χ3v) is 5.75. The van der Waals surface area contributed by atoms with Crippen molar-refractivity contribution in [3.63, 3.8) is 0 Å². The molecule has 8 heteroatoms. The van der Waals surface area contributed by atoms with Crippen LogP contribution in [-0.2, 0) is 6.54 Å². The molecular formula is C23H40F2IN5. The molecule has 31 heavy (non-hydrogen) atoms. The molecule has 0 atom stereocenters. The molecule has 1 aliphatic rings. The average Bonchev–Trinajstić information content (AvgIpc) is 2.70. The number of hydrogen-bond donors (Lipinski definition) is 2. The van der Waals surface area contributed by atoms with Crippen LogP contribution in [0.15, 0.2) is 23.2 Å². The number of benzene rings is 1. The van der Waals surface area contributed by atoms with E-state index in [-0.39, 0.29) is 24.0 Å². The molecule has 1 saturated heterocycles. The van der Waals surface area contributed by atoms with E-state index in [9.17, 15) is 8.78 Å². The summed E-state index contributed by atoms with van der Waals surface area (Å²) in [6, 6.07) is 5.65. The average molecular weight is 552 g/mol. The summed E-state index contributed by atoms with van der Waals surface area (Å²) >= 11 is 0. The van der Waals surface area contributed by atoms with Gasteiger partial charge in [-0.1, -0.05) is 6.07 Å². The first-order chi connectivity index (χ1) is 14.3. The predicted octanol–water partition coefficient (Wildman–Crippen LogP) is 4.22. The molecule has 178 valence electrons. The van der Waals surface area contributed by atoms with Gasteiger partial charge in [-0.3, -0.25) is 14.8 Å². The number of likely N-dealkylation sites (tertiary alicyclic amines) is 1. The Bertz CT molecular complexity index is 668. The van der Waals surface area contributed by atoms with Gasteiger partial charge in [0.1, 0.15) is 0 Å². The summed E-state index contributed by atoms with van der Waals surface area (Å²) in [6.45, 7) is 13.4. The molecule has 0 saturated carbocycles. The zero-order valence-corrected chi connectivity index (χ0v) is 22.0. The van der Waals surface area contributed by atoms with Crippen LogP contribution in [0.4, 0.5) is 8.78 Å². The Kier molecular flexibility index (Phi) is 12.9. The fraction of sp³-hybridized carbons (Fsp3) is 0.696. The van der Waals surface area contributed by atoms with E-state index >= 15 is 0 Å². The Morgan fingerprint density at radius 1 is 1.13 bits per heavy atom. The molecule has 5 nitrogen and oxygen atoms in total. The van der Waals surface area contributed by atoms with Crippen molar-refractivity contribution in [3.8, 4) is 0 Å². The number of rotatable bonds is 9. The van der Waals surface area contributed by atoms with Gasteiger partial charge in [0, 0.05) is 57.9 Å². The molecule has 0 amide bonds. The molecule has 2 N–H and O–H groups in total. The highest BCUT2D eigenvalue weighted by molar-refractivity contribution is 14.0. The van der Waals surface area contributed by atoms with E-state index < -0.39 is 11.6 Å². The first-order valence-corrected chi connectivity index (χ1v) is 11.2. The van der Waals surface area contributed by atoms with E-state index in [1.807, 2.05) is 7.05 Å². The molecule has 0 aromatic heterocycles. The first kappa shape index (κ1) is 28.0. The van der Waals surface area contributed by atoms with Gasteiger partial charge in [-0.05, 0) is 64.7 Å². The molecule has 1 aromatic rings. The molecule has 0 spiro atoms. The molecule has 1 aromatic carbocycles. The fourth-order valence-corrected chi connectivity index (χ4v) is 4.10. The second-order valence-corrected chi connectivity index (χ2v) is 8.72. The summed E-state index contributed by atoms with van der Waals surface area (Å²) in [5.74, 6) is -0.708. The minimum absolute atomic E-state index is 0. The lowest BCUT2D eigenvalue weighted by Gasteiger charge is -2.33. The minimum Gasteiger partial charge on any atom is -0.356 e. The maximum Gasteiger partial charge on any atom is 0.191 e. The van der Waals surface area contributed by atoms with Crippen LogP contribution in [0.1, 0.15) is 52.5 Å². The van der Waals surface area contributed by atoms with Crippen molar-refractivity contribution in [1.29, 1.82) is 0 Å². The van der Waals surface area contributed by atoms with Gasteiger partial charge in [0.05, 0.1) is 0 Å². The van der Waals surface area contributed by atoms with Crippen molar-refractivity contribution in [2.75, 3.05) is 33.2 Å². The Balaban J connectivity index is 0.00000480. The lowest BCUT2D eigenvalue weighted by Crippen LogP contribution is -2.49. The van der Waals surface area contributed by atoms with Crippen LogP contribution in [0.25, 0.3) is 0 Å². The quantitative estimate of drug-likeness (QED) is 0.209. The third-order valence-electron chi connectivity index (χ3n) is 5.75. The number of guanidine groups is 1. The van der Waals surface area contributed by atoms with Crippen LogP contribution >= 0.6 is 24.0 Å². The van der Waals surface area contributed by atoms with Crippen LogP contribution in [0.3, 0.4) is 0 Å². The third kappa shape index (κ3) is 9.57. The highest BCUT2D eigenvalue weighted by Gasteiger charge is 2.20. The van der Waals surface area contributed by atoms with E-state index in [0.717, 1.165) is 57.0 Å². The predicted molar refractivity (Wildman–Crippen MR) is 136 cm³/mol. The largest absolute Gasteiger partial charge is 0.356 e. The van der Waals surface area contributed by atoms with E-state index in [2.05, 4.69) is 53.1 Å². The normalized spacial score (nSPS) is 16.1. The van der Waals surface area contributed by atoms with Gasteiger partial charge in [-0.25, -0.2) is 8.78 Å². The highest BCUT2D eigenvalue weighted by Crippen LogP contribution is 2.16. The molecule has 1 heterocycles. The topological polar surface area (TPSA) is 42.9 Å². The van der Waals surface area contributed by atoms with Crippen molar-refractivity contribution in [1.82, 2.24) is 20.4 Å². The Hall–Kier alpha value is -1.00. The van der Waals surface area contributed by atoms with Crippen molar-refractivity contribution in [3.05, 3.63) is 35.4 Å². The van der Waals surface area contributed by atoms with E-state index in [1.165, 1.54) is 12.1 Å². The van der Waals surface area contributed by atoms with Crippen LogP contribution in [0.2, 0.25) is 0 Å². The number of halogens is 3. The fourth-order valence-electron chi connectivity index (χ4n) is 4.10. The maximum absolute atomic E-state index is 13.4. The van der Waals surface area contributed by atoms with Crippen molar-refractivity contribution in [2.45, 2.75) is 71.6 Å².